The second-order valence-corrected chi connectivity index (χ2v) is 7.81. The second kappa shape index (κ2) is 10.5. The van der Waals surface area contributed by atoms with Gasteiger partial charge < -0.3 is 15.4 Å². The minimum atomic E-state index is -0.566. The first-order chi connectivity index (χ1) is 16.9. The van der Waals surface area contributed by atoms with E-state index in [-0.39, 0.29) is 29.8 Å². The fourth-order valence-corrected chi connectivity index (χ4v) is 3.15. The third-order valence-corrected chi connectivity index (χ3v) is 4.79. The summed E-state index contributed by atoms with van der Waals surface area (Å²) < 4.78 is 24.9. The fraction of sp³-hybridized carbons (Fsp3) is 0.182. The van der Waals surface area contributed by atoms with Crippen LogP contribution in [-0.4, -0.2) is 51.5 Å². The lowest BCUT2D eigenvalue weighted by molar-refractivity contribution is -0.873. The number of nitrogens with two attached hydrogens (primary N) is 1. The predicted octanol–water partition coefficient (Wildman–Crippen LogP) is 0.359. The lowest BCUT2D eigenvalue weighted by atomic mass is 10.2. The molecule has 35 heavy (non-hydrogen) atoms. The maximum Gasteiger partial charge on any atom is 0.294 e. The SMILES string of the molecule is C[NH+](C)Cc1c(C(=O)N/N=C\c2ccccc2OCc2ccc(F)cc2)nnn1-c1nonc1N. The Morgan fingerprint density at radius 2 is 2.00 bits per heavy atom. The molecule has 1 amide bonds. The summed E-state index contributed by atoms with van der Waals surface area (Å²) in [4.78, 5) is 13.8. The number of hydrazone groups is 1. The molecule has 0 fully saturated rings. The maximum absolute atomic E-state index is 13.1. The first-order valence-electron chi connectivity index (χ1n) is 10.5. The van der Waals surface area contributed by atoms with Crippen molar-refractivity contribution in [2.75, 3.05) is 19.8 Å². The van der Waals surface area contributed by atoms with Crippen LogP contribution in [0.25, 0.3) is 5.82 Å². The van der Waals surface area contributed by atoms with Crippen molar-refractivity contribution in [1.82, 2.24) is 30.7 Å². The molecule has 0 atom stereocenters. The van der Waals surface area contributed by atoms with Gasteiger partial charge in [-0.3, -0.25) is 4.79 Å². The summed E-state index contributed by atoms with van der Waals surface area (Å²) in [6, 6.07) is 13.2. The molecule has 13 heteroatoms. The number of carbonyl (C=O) groups is 1. The Morgan fingerprint density at radius 3 is 2.71 bits per heavy atom. The molecule has 0 spiro atoms. The van der Waals surface area contributed by atoms with Crippen molar-refractivity contribution in [1.29, 1.82) is 0 Å². The molecule has 4 rings (SSSR count). The lowest BCUT2D eigenvalue weighted by Gasteiger charge is -2.09. The van der Waals surface area contributed by atoms with Gasteiger partial charge in [0.25, 0.3) is 5.91 Å². The zero-order chi connectivity index (χ0) is 24.8. The Hall–Kier alpha value is -4.65. The number of halogens is 1. The number of ether oxygens (including phenoxy) is 1. The summed E-state index contributed by atoms with van der Waals surface area (Å²) in [6.07, 6.45) is 1.46. The molecular weight excluding hydrogens is 457 g/mol. The zero-order valence-electron chi connectivity index (χ0n) is 19.0. The summed E-state index contributed by atoms with van der Waals surface area (Å²) >= 11 is 0. The van der Waals surface area contributed by atoms with Crippen LogP contribution in [0.4, 0.5) is 10.2 Å². The molecule has 2 aromatic heterocycles. The molecule has 0 bridgehead atoms. The number of nitrogens with one attached hydrogen (secondary N) is 2. The van der Waals surface area contributed by atoms with Crippen LogP contribution in [0.3, 0.4) is 0 Å². The van der Waals surface area contributed by atoms with Gasteiger partial charge in [-0.2, -0.15) is 9.78 Å². The standard InChI is InChI=1S/C22H22FN9O3/c1-31(2)12-17-19(26-30-32(17)21-20(24)28-35-29-21)22(33)27-25-11-15-5-3-4-6-18(15)34-13-14-7-9-16(23)10-8-14/h3-11H,12-13H2,1-2H3,(H2,24,28)(H,27,33)/p+1/b25-11-. The molecule has 12 nitrogen and oxygen atoms in total. The van der Waals surface area contributed by atoms with Crippen LogP contribution in [0.1, 0.15) is 27.3 Å². The smallest absolute Gasteiger partial charge is 0.294 e. The second-order valence-electron chi connectivity index (χ2n) is 7.81. The highest BCUT2D eigenvalue weighted by Crippen LogP contribution is 2.18. The van der Waals surface area contributed by atoms with Crippen LogP contribution in [-0.2, 0) is 13.2 Å². The van der Waals surface area contributed by atoms with E-state index in [2.05, 4.69) is 35.8 Å². The van der Waals surface area contributed by atoms with Gasteiger partial charge in [0.1, 0.15) is 30.4 Å². The van der Waals surface area contributed by atoms with Crippen molar-refractivity contribution >= 4 is 17.9 Å². The number of nitrogens with zero attached hydrogens (tertiary/aromatic N) is 6. The van der Waals surface area contributed by atoms with E-state index in [9.17, 15) is 9.18 Å². The van der Waals surface area contributed by atoms with Gasteiger partial charge in [-0.1, -0.05) is 29.5 Å². The summed E-state index contributed by atoms with van der Waals surface area (Å²) in [6.45, 7) is 0.642. The van der Waals surface area contributed by atoms with Crippen LogP contribution >= 0.6 is 0 Å². The number of benzene rings is 2. The van der Waals surface area contributed by atoms with Gasteiger partial charge in [0.2, 0.25) is 11.6 Å². The van der Waals surface area contributed by atoms with E-state index in [1.165, 1.54) is 23.0 Å². The average molecular weight is 480 g/mol. The highest BCUT2D eigenvalue weighted by molar-refractivity contribution is 5.94. The van der Waals surface area contributed by atoms with Crippen molar-refractivity contribution in [3.8, 4) is 11.6 Å². The van der Waals surface area contributed by atoms with Gasteiger partial charge in [-0.15, -0.1) is 5.10 Å². The van der Waals surface area contributed by atoms with Crippen LogP contribution < -0.4 is 20.8 Å². The van der Waals surface area contributed by atoms with Crippen LogP contribution in [0.2, 0.25) is 0 Å². The Morgan fingerprint density at radius 1 is 1.23 bits per heavy atom. The number of amides is 1. The number of anilines is 1. The van der Waals surface area contributed by atoms with Crippen LogP contribution in [0.5, 0.6) is 5.75 Å². The molecule has 2 aromatic carbocycles. The number of carbonyl (C=O) groups excluding carboxylic acids is 1. The Balaban J connectivity index is 1.48. The Bertz CT molecular complexity index is 1330. The fourth-order valence-electron chi connectivity index (χ4n) is 3.15. The maximum atomic E-state index is 13.1. The summed E-state index contributed by atoms with van der Waals surface area (Å²) in [5, 5.41) is 19.3. The molecule has 0 radical (unpaired) electrons. The number of rotatable bonds is 9. The molecule has 0 saturated carbocycles. The normalized spacial score (nSPS) is 11.3. The summed E-state index contributed by atoms with van der Waals surface area (Å²) in [5.74, 6) is -0.167. The lowest BCUT2D eigenvalue weighted by Crippen LogP contribution is -3.04. The molecule has 0 unspecified atom stereocenters. The van der Waals surface area contributed by atoms with Crippen molar-refractivity contribution in [3.63, 3.8) is 0 Å². The molecule has 0 aliphatic carbocycles. The largest absolute Gasteiger partial charge is 0.488 e. The van der Waals surface area contributed by atoms with E-state index in [1.807, 2.05) is 26.2 Å². The first kappa shape index (κ1) is 23.5. The number of para-hydroxylation sites is 1. The first-order valence-corrected chi connectivity index (χ1v) is 10.5. The van der Waals surface area contributed by atoms with Gasteiger partial charge in [-0.05, 0) is 40.1 Å². The molecule has 4 N–H and O–H groups in total. The molecular formula is C22H23FN9O3+. The molecule has 180 valence electrons. The van der Waals surface area contributed by atoms with Crippen molar-refractivity contribution in [2.45, 2.75) is 13.2 Å². The van der Waals surface area contributed by atoms with Gasteiger partial charge >= 0.3 is 0 Å². The average Bonchev–Trinajstić information content (AvgIpc) is 3.44. The minimum absolute atomic E-state index is 0.0205. The highest BCUT2D eigenvalue weighted by atomic mass is 19.1. The van der Waals surface area contributed by atoms with Crippen LogP contribution in [0.15, 0.2) is 58.3 Å². The number of quaternary nitrogens is 1. The quantitative estimate of drug-likeness (QED) is 0.229. The molecule has 2 heterocycles. The van der Waals surface area contributed by atoms with Gasteiger partial charge in [0.05, 0.1) is 20.3 Å². The molecule has 4 aromatic rings. The predicted molar refractivity (Wildman–Crippen MR) is 122 cm³/mol. The van der Waals surface area contributed by atoms with E-state index in [4.69, 9.17) is 10.5 Å². The van der Waals surface area contributed by atoms with Gasteiger partial charge in [0, 0.05) is 5.56 Å². The minimum Gasteiger partial charge on any atom is -0.488 e. The monoisotopic (exact) mass is 480 g/mol. The summed E-state index contributed by atoms with van der Waals surface area (Å²) in [5.41, 5.74) is 10.2. The van der Waals surface area contributed by atoms with Gasteiger partial charge in [0.15, 0.2) is 5.69 Å². The number of nitrogen functional groups attached to an aromatic ring is 1. The van der Waals surface area contributed by atoms with E-state index in [0.717, 1.165) is 10.5 Å². The molecule has 0 aliphatic heterocycles. The number of aromatic nitrogens is 5. The van der Waals surface area contributed by atoms with E-state index >= 15 is 0 Å². The van der Waals surface area contributed by atoms with E-state index in [0.29, 0.717) is 23.6 Å². The summed E-state index contributed by atoms with van der Waals surface area (Å²) in [7, 11) is 3.81. The third kappa shape index (κ3) is 5.65. The highest BCUT2D eigenvalue weighted by Gasteiger charge is 2.25. The Labute approximate surface area is 199 Å². The Kier molecular flexibility index (Phi) is 7.07. The topological polar surface area (TPSA) is 151 Å². The van der Waals surface area contributed by atoms with Crippen molar-refractivity contribution in [3.05, 3.63) is 76.9 Å². The molecule has 0 aliphatic rings. The van der Waals surface area contributed by atoms with E-state index in [1.54, 1.807) is 24.3 Å². The van der Waals surface area contributed by atoms with Crippen molar-refractivity contribution < 1.29 is 23.5 Å². The number of hydrogen-bond donors (Lipinski definition) is 3. The molecule has 0 saturated heterocycles. The van der Waals surface area contributed by atoms with Gasteiger partial charge in [-0.25, -0.2) is 14.4 Å². The van der Waals surface area contributed by atoms with Crippen molar-refractivity contribution in [2.24, 2.45) is 5.10 Å². The zero-order valence-corrected chi connectivity index (χ0v) is 19.0. The van der Waals surface area contributed by atoms with E-state index < -0.39 is 5.91 Å². The van der Waals surface area contributed by atoms with Crippen LogP contribution in [0, 0.1) is 5.82 Å². The number of hydrogen-bond acceptors (Lipinski definition) is 9. The third-order valence-electron chi connectivity index (χ3n) is 4.79.